The van der Waals surface area contributed by atoms with Gasteiger partial charge in [-0.2, -0.15) is 0 Å². The maximum Gasteiger partial charge on any atom is 0.151 e. The smallest absolute Gasteiger partial charge is 0.151 e. The minimum Gasteiger partial charge on any atom is -0.299 e. The van der Waals surface area contributed by atoms with Crippen LogP contribution in [0.15, 0.2) is 0 Å². The van der Waals surface area contributed by atoms with E-state index in [1.54, 1.807) is 0 Å². The van der Waals surface area contributed by atoms with Crippen molar-refractivity contribution in [2.24, 2.45) is 0 Å². The van der Waals surface area contributed by atoms with E-state index in [1.165, 1.54) is 12.7 Å². The van der Waals surface area contributed by atoms with Crippen molar-refractivity contribution >= 4 is 9.84 Å². The second kappa shape index (κ2) is 3.24. The van der Waals surface area contributed by atoms with Crippen molar-refractivity contribution in [2.75, 3.05) is 19.3 Å². The summed E-state index contributed by atoms with van der Waals surface area (Å²) in [5, 5.41) is -0.0761. The Morgan fingerprint density at radius 3 is 2.31 bits per heavy atom. The molecule has 1 saturated heterocycles. The Bertz CT molecular complexity index is 282. The molecule has 2 aliphatic rings. The van der Waals surface area contributed by atoms with Crippen molar-refractivity contribution in [1.29, 1.82) is 0 Å². The highest BCUT2D eigenvalue weighted by Gasteiger charge is 2.39. The van der Waals surface area contributed by atoms with Crippen LogP contribution >= 0.6 is 0 Å². The van der Waals surface area contributed by atoms with Crippen LogP contribution in [0.3, 0.4) is 0 Å². The van der Waals surface area contributed by atoms with Gasteiger partial charge in [-0.25, -0.2) is 8.42 Å². The molecule has 0 N–H and O–H groups in total. The molecule has 0 bridgehead atoms. The van der Waals surface area contributed by atoms with Gasteiger partial charge in [-0.15, -0.1) is 0 Å². The number of hydrogen-bond acceptors (Lipinski definition) is 3. The number of nitrogens with zero attached hydrogens (tertiary/aromatic N) is 1. The first-order valence-corrected chi connectivity index (χ1v) is 6.97. The zero-order valence-corrected chi connectivity index (χ0v) is 8.89. The SMILES string of the molecule is CS(=O)(=O)C1CCCC1N1CCC1. The second-order valence-corrected chi connectivity index (χ2v) is 6.52. The maximum atomic E-state index is 11.5. The van der Waals surface area contributed by atoms with Gasteiger partial charge in [0.15, 0.2) is 9.84 Å². The highest BCUT2D eigenvalue weighted by molar-refractivity contribution is 7.91. The van der Waals surface area contributed by atoms with Gasteiger partial charge in [-0.05, 0) is 32.4 Å². The van der Waals surface area contributed by atoms with E-state index in [-0.39, 0.29) is 5.25 Å². The van der Waals surface area contributed by atoms with E-state index in [0.29, 0.717) is 6.04 Å². The summed E-state index contributed by atoms with van der Waals surface area (Å²) >= 11 is 0. The molecule has 4 heteroatoms. The molecule has 1 aliphatic carbocycles. The minimum absolute atomic E-state index is 0.0761. The Kier molecular flexibility index (Phi) is 2.36. The minimum atomic E-state index is -2.81. The summed E-state index contributed by atoms with van der Waals surface area (Å²) in [6, 6.07) is 0.337. The molecule has 1 aliphatic heterocycles. The summed E-state index contributed by atoms with van der Waals surface area (Å²) in [6.07, 6.45) is 5.67. The molecular weight excluding hydrogens is 186 g/mol. The summed E-state index contributed by atoms with van der Waals surface area (Å²) in [5.41, 5.74) is 0. The molecule has 2 unspecified atom stereocenters. The van der Waals surface area contributed by atoms with Crippen LogP contribution in [0.25, 0.3) is 0 Å². The molecule has 2 fully saturated rings. The van der Waals surface area contributed by atoms with Gasteiger partial charge in [0.2, 0.25) is 0 Å². The van der Waals surface area contributed by atoms with E-state index in [1.807, 2.05) is 0 Å². The predicted octanol–water partition coefficient (Wildman–Crippen LogP) is 0.658. The van der Waals surface area contributed by atoms with E-state index in [2.05, 4.69) is 4.90 Å². The Morgan fingerprint density at radius 2 is 1.85 bits per heavy atom. The van der Waals surface area contributed by atoms with Crippen molar-refractivity contribution in [1.82, 2.24) is 4.90 Å². The van der Waals surface area contributed by atoms with Crippen LogP contribution in [-0.2, 0) is 9.84 Å². The van der Waals surface area contributed by atoms with Crippen LogP contribution in [0.4, 0.5) is 0 Å². The average Bonchev–Trinajstić information content (AvgIpc) is 2.29. The van der Waals surface area contributed by atoms with Gasteiger partial charge in [0.25, 0.3) is 0 Å². The Labute approximate surface area is 80.0 Å². The molecule has 13 heavy (non-hydrogen) atoms. The first-order valence-electron chi connectivity index (χ1n) is 5.02. The van der Waals surface area contributed by atoms with E-state index in [0.717, 1.165) is 32.4 Å². The van der Waals surface area contributed by atoms with Crippen LogP contribution in [0.2, 0.25) is 0 Å². The molecule has 0 aromatic rings. The van der Waals surface area contributed by atoms with Crippen LogP contribution in [-0.4, -0.2) is 44.0 Å². The van der Waals surface area contributed by atoms with Gasteiger partial charge < -0.3 is 0 Å². The standard InChI is InChI=1S/C9H17NO2S/c1-13(11,12)9-5-2-4-8(9)10-6-3-7-10/h8-9H,2-7H2,1H3. The molecule has 0 aromatic heterocycles. The monoisotopic (exact) mass is 203 g/mol. The van der Waals surface area contributed by atoms with E-state index in [4.69, 9.17) is 0 Å². The highest BCUT2D eigenvalue weighted by Crippen LogP contribution is 2.31. The molecule has 1 saturated carbocycles. The lowest BCUT2D eigenvalue weighted by atomic mass is 10.1. The van der Waals surface area contributed by atoms with Gasteiger partial charge in [0, 0.05) is 12.3 Å². The molecule has 3 nitrogen and oxygen atoms in total. The molecule has 0 aromatic carbocycles. The largest absolute Gasteiger partial charge is 0.299 e. The van der Waals surface area contributed by atoms with Gasteiger partial charge in [0.05, 0.1) is 5.25 Å². The third-order valence-electron chi connectivity index (χ3n) is 3.33. The number of sulfone groups is 1. The topological polar surface area (TPSA) is 37.4 Å². The molecule has 2 rings (SSSR count). The van der Waals surface area contributed by atoms with Crippen molar-refractivity contribution in [2.45, 2.75) is 37.0 Å². The average molecular weight is 203 g/mol. The summed E-state index contributed by atoms with van der Waals surface area (Å²) in [4.78, 5) is 2.33. The summed E-state index contributed by atoms with van der Waals surface area (Å²) in [6.45, 7) is 2.22. The maximum absolute atomic E-state index is 11.5. The van der Waals surface area contributed by atoms with Crippen molar-refractivity contribution < 1.29 is 8.42 Å². The fourth-order valence-corrected chi connectivity index (χ4v) is 3.97. The van der Waals surface area contributed by atoms with Gasteiger partial charge >= 0.3 is 0 Å². The molecule has 0 radical (unpaired) electrons. The lowest BCUT2D eigenvalue weighted by molar-refractivity contribution is 0.122. The van der Waals surface area contributed by atoms with Gasteiger partial charge in [-0.3, -0.25) is 4.90 Å². The number of hydrogen-bond donors (Lipinski definition) is 0. The molecule has 0 spiro atoms. The number of rotatable bonds is 2. The summed E-state index contributed by atoms with van der Waals surface area (Å²) in [5.74, 6) is 0. The van der Waals surface area contributed by atoms with Crippen LogP contribution in [0.1, 0.15) is 25.7 Å². The van der Waals surface area contributed by atoms with Crippen LogP contribution in [0.5, 0.6) is 0 Å². The quantitative estimate of drug-likeness (QED) is 0.661. The van der Waals surface area contributed by atoms with Gasteiger partial charge in [-0.1, -0.05) is 6.42 Å². The zero-order valence-electron chi connectivity index (χ0n) is 8.07. The zero-order chi connectivity index (χ0) is 9.47. The Hall–Kier alpha value is -0.0900. The first kappa shape index (κ1) is 9.46. The normalized spacial score (nSPS) is 36.1. The fourth-order valence-electron chi connectivity index (χ4n) is 2.50. The second-order valence-electron chi connectivity index (χ2n) is 4.26. The predicted molar refractivity (Wildman–Crippen MR) is 52.5 cm³/mol. The fraction of sp³-hybridized carbons (Fsp3) is 1.00. The molecule has 1 heterocycles. The van der Waals surface area contributed by atoms with E-state index < -0.39 is 9.84 Å². The lowest BCUT2D eigenvalue weighted by Crippen LogP contribution is -2.50. The Morgan fingerprint density at radius 1 is 1.15 bits per heavy atom. The highest BCUT2D eigenvalue weighted by atomic mass is 32.2. The van der Waals surface area contributed by atoms with E-state index >= 15 is 0 Å². The molecule has 0 amide bonds. The first-order chi connectivity index (χ1) is 6.09. The molecular formula is C9H17NO2S. The van der Waals surface area contributed by atoms with Crippen LogP contribution in [0, 0.1) is 0 Å². The van der Waals surface area contributed by atoms with Crippen molar-refractivity contribution in [3.05, 3.63) is 0 Å². The third-order valence-corrected chi connectivity index (χ3v) is 4.98. The van der Waals surface area contributed by atoms with Crippen LogP contribution < -0.4 is 0 Å². The van der Waals surface area contributed by atoms with Crippen molar-refractivity contribution in [3.8, 4) is 0 Å². The Balaban J connectivity index is 2.09. The summed E-state index contributed by atoms with van der Waals surface area (Å²) < 4.78 is 22.9. The lowest BCUT2D eigenvalue weighted by Gasteiger charge is -2.38. The number of likely N-dealkylation sites (tertiary alicyclic amines) is 1. The third kappa shape index (κ3) is 1.74. The molecule has 2 atom stereocenters. The van der Waals surface area contributed by atoms with Crippen molar-refractivity contribution in [3.63, 3.8) is 0 Å². The summed E-state index contributed by atoms with van der Waals surface area (Å²) in [7, 11) is -2.81. The van der Waals surface area contributed by atoms with Gasteiger partial charge in [0.1, 0.15) is 0 Å². The van der Waals surface area contributed by atoms with E-state index in [9.17, 15) is 8.42 Å². The molecule has 76 valence electrons.